The van der Waals surface area contributed by atoms with Gasteiger partial charge in [-0.2, -0.15) is 0 Å². The van der Waals surface area contributed by atoms with E-state index in [-0.39, 0.29) is 11.6 Å². The normalized spacial score (nSPS) is 10.3. The molecule has 0 aliphatic carbocycles. The van der Waals surface area contributed by atoms with Gasteiger partial charge in [-0.05, 0) is 37.1 Å². The van der Waals surface area contributed by atoms with Crippen molar-refractivity contribution >= 4 is 5.69 Å². The highest BCUT2D eigenvalue weighted by Crippen LogP contribution is 2.22. The number of hydrogen-bond donors (Lipinski definition) is 1. The number of methoxy groups -OCH3 is 1. The third-order valence-electron chi connectivity index (χ3n) is 3.13. The minimum atomic E-state index is -0.348. The predicted molar refractivity (Wildman–Crippen MR) is 76.2 cm³/mol. The standard InChI is InChI=1S/C16H18FNO/c1-11-4-5-13(12(2)8-11)10-18-14-6-7-15(17)16(9-14)19-3/h4-9,18H,10H2,1-3H3. The number of anilines is 1. The first-order valence-corrected chi connectivity index (χ1v) is 6.23. The Morgan fingerprint density at radius 2 is 1.89 bits per heavy atom. The predicted octanol–water partition coefficient (Wildman–Crippen LogP) is 4.06. The van der Waals surface area contributed by atoms with Crippen LogP contribution in [0.3, 0.4) is 0 Å². The summed E-state index contributed by atoms with van der Waals surface area (Å²) in [4.78, 5) is 0. The molecule has 19 heavy (non-hydrogen) atoms. The second kappa shape index (κ2) is 5.74. The quantitative estimate of drug-likeness (QED) is 0.894. The molecule has 2 nitrogen and oxygen atoms in total. The van der Waals surface area contributed by atoms with E-state index in [0.717, 1.165) is 5.69 Å². The first-order valence-electron chi connectivity index (χ1n) is 6.23. The highest BCUT2D eigenvalue weighted by molar-refractivity contribution is 5.49. The Labute approximate surface area is 113 Å². The fraction of sp³-hybridized carbons (Fsp3) is 0.250. The lowest BCUT2D eigenvalue weighted by atomic mass is 10.1. The molecule has 2 aromatic carbocycles. The summed E-state index contributed by atoms with van der Waals surface area (Å²) in [5, 5.41) is 3.28. The molecule has 0 saturated heterocycles. The van der Waals surface area contributed by atoms with Gasteiger partial charge in [-0.1, -0.05) is 23.8 Å². The van der Waals surface area contributed by atoms with E-state index in [1.54, 1.807) is 12.1 Å². The Balaban J connectivity index is 2.10. The number of nitrogens with one attached hydrogen (secondary N) is 1. The maximum Gasteiger partial charge on any atom is 0.165 e. The van der Waals surface area contributed by atoms with Crippen LogP contribution in [0.15, 0.2) is 36.4 Å². The van der Waals surface area contributed by atoms with Gasteiger partial charge in [0.15, 0.2) is 11.6 Å². The van der Waals surface area contributed by atoms with Crippen molar-refractivity contribution in [3.63, 3.8) is 0 Å². The molecule has 0 saturated carbocycles. The van der Waals surface area contributed by atoms with Gasteiger partial charge in [0, 0.05) is 18.3 Å². The first-order chi connectivity index (χ1) is 9.10. The molecule has 0 fully saturated rings. The van der Waals surface area contributed by atoms with E-state index in [9.17, 15) is 4.39 Å². The zero-order valence-electron chi connectivity index (χ0n) is 11.5. The van der Waals surface area contributed by atoms with Gasteiger partial charge in [0.05, 0.1) is 7.11 Å². The zero-order valence-corrected chi connectivity index (χ0v) is 11.5. The average molecular weight is 259 g/mol. The molecule has 0 spiro atoms. The molecular weight excluding hydrogens is 241 g/mol. The number of rotatable bonds is 4. The minimum absolute atomic E-state index is 0.255. The van der Waals surface area contributed by atoms with Crippen molar-refractivity contribution in [3.05, 3.63) is 58.9 Å². The van der Waals surface area contributed by atoms with Crippen molar-refractivity contribution in [2.45, 2.75) is 20.4 Å². The van der Waals surface area contributed by atoms with E-state index >= 15 is 0 Å². The molecule has 0 aliphatic rings. The lowest BCUT2D eigenvalue weighted by Gasteiger charge is -2.11. The smallest absolute Gasteiger partial charge is 0.165 e. The maximum absolute atomic E-state index is 13.3. The Hall–Kier alpha value is -2.03. The van der Waals surface area contributed by atoms with E-state index < -0.39 is 0 Å². The highest BCUT2D eigenvalue weighted by Gasteiger charge is 2.04. The molecule has 100 valence electrons. The molecule has 0 aromatic heterocycles. The molecule has 2 aromatic rings. The SMILES string of the molecule is COc1cc(NCc2ccc(C)cc2C)ccc1F. The van der Waals surface area contributed by atoms with E-state index in [2.05, 4.69) is 37.4 Å². The number of ether oxygens (including phenoxy) is 1. The fourth-order valence-electron chi connectivity index (χ4n) is 2.01. The molecule has 2 rings (SSSR count). The third kappa shape index (κ3) is 3.25. The van der Waals surface area contributed by atoms with Gasteiger partial charge in [0.2, 0.25) is 0 Å². The summed E-state index contributed by atoms with van der Waals surface area (Å²) in [6.07, 6.45) is 0. The lowest BCUT2D eigenvalue weighted by molar-refractivity contribution is 0.387. The van der Waals surface area contributed by atoms with E-state index in [0.29, 0.717) is 6.54 Å². The summed E-state index contributed by atoms with van der Waals surface area (Å²) < 4.78 is 18.3. The average Bonchev–Trinajstić information content (AvgIpc) is 2.39. The number of benzene rings is 2. The molecule has 0 unspecified atom stereocenters. The van der Waals surface area contributed by atoms with Gasteiger partial charge in [0.1, 0.15) is 0 Å². The Kier molecular flexibility index (Phi) is 4.05. The summed E-state index contributed by atoms with van der Waals surface area (Å²) >= 11 is 0. The van der Waals surface area contributed by atoms with E-state index in [1.165, 1.54) is 29.9 Å². The van der Waals surface area contributed by atoms with Crippen molar-refractivity contribution in [2.24, 2.45) is 0 Å². The summed E-state index contributed by atoms with van der Waals surface area (Å²) in [5.41, 5.74) is 4.58. The Bertz CT molecular complexity index is 581. The summed E-state index contributed by atoms with van der Waals surface area (Å²) in [6.45, 7) is 4.88. The van der Waals surface area contributed by atoms with Gasteiger partial charge in [-0.3, -0.25) is 0 Å². The summed E-state index contributed by atoms with van der Waals surface area (Å²) in [7, 11) is 1.46. The molecule has 0 aliphatic heterocycles. The monoisotopic (exact) mass is 259 g/mol. The van der Waals surface area contributed by atoms with Gasteiger partial charge >= 0.3 is 0 Å². The van der Waals surface area contributed by atoms with Crippen LogP contribution in [0.25, 0.3) is 0 Å². The topological polar surface area (TPSA) is 21.3 Å². The molecule has 0 bridgehead atoms. The van der Waals surface area contributed by atoms with Crippen LogP contribution < -0.4 is 10.1 Å². The molecule has 3 heteroatoms. The van der Waals surface area contributed by atoms with Gasteiger partial charge in [0.25, 0.3) is 0 Å². The Morgan fingerprint density at radius 3 is 2.58 bits per heavy atom. The Morgan fingerprint density at radius 1 is 1.11 bits per heavy atom. The molecule has 0 atom stereocenters. The van der Waals surface area contributed by atoms with Crippen molar-refractivity contribution < 1.29 is 9.13 Å². The molecule has 0 amide bonds. The van der Waals surface area contributed by atoms with Gasteiger partial charge in [-0.15, -0.1) is 0 Å². The highest BCUT2D eigenvalue weighted by atomic mass is 19.1. The van der Waals surface area contributed by atoms with Crippen LogP contribution >= 0.6 is 0 Å². The second-order valence-electron chi connectivity index (χ2n) is 4.63. The molecule has 1 N–H and O–H groups in total. The zero-order chi connectivity index (χ0) is 13.8. The maximum atomic E-state index is 13.3. The van der Waals surface area contributed by atoms with Gasteiger partial charge < -0.3 is 10.1 Å². The van der Waals surface area contributed by atoms with Crippen LogP contribution in [0.1, 0.15) is 16.7 Å². The van der Waals surface area contributed by atoms with Gasteiger partial charge in [-0.25, -0.2) is 4.39 Å². The molecule has 0 radical (unpaired) electrons. The van der Waals surface area contributed by atoms with Crippen molar-refractivity contribution in [3.8, 4) is 5.75 Å². The summed E-state index contributed by atoms with van der Waals surface area (Å²) in [6, 6.07) is 11.1. The van der Waals surface area contributed by atoms with E-state index in [1.807, 2.05) is 0 Å². The lowest BCUT2D eigenvalue weighted by Crippen LogP contribution is -2.02. The number of halogens is 1. The second-order valence-corrected chi connectivity index (χ2v) is 4.63. The summed E-state index contributed by atoms with van der Waals surface area (Å²) in [5.74, 6) is -0.0924. The van der Waals surface area contributed by atoms with Crippen molar-refractivity contribution in [1.29, 1.82) is 0 Å². The minimum Gasteiger partial charge on any atom is -0.494 e. The van der Waals surface area contributed by atoms with Crippen LogP contribution in [0, 0.1) is 19.7 Å². The van der Waals surface area contributed by atoms with Crippen LogP contribution in [-0.4, -0.2) is 7.11 Å². The van der Waals surface area contributed by atoms with Crippen LogP contribution in [0.2, 0.25) is 0 Å². The molecular formula is C16H18FNO. The van der Waals surface area contributed by atoms with Crippen molar-refractivity contribution in [1.82, 2.24) is 0 Å². The van der Waals surface area contributed by atoms with E-state index in [4.69, 9.17) is 4.74 Å². The fourth-order valence-corrected chi connectivity index (χ4v) is 2.01. The van der Waals surface area contributed by atoms with Crippen molar-refractivity contribution in [2.75, 3.05) is 12.4 Å². The first kappa shape index (κ1) is 13.4. The third-order valence-corrected chi connectivity index (χ3v) is 3.13. The molecule has 0 heterocycles. The largest absolute Gasteiger partial charge is 0.494 e. The number of aryl methyl sites for hydroxylation is 2. The van der Waals surface area contributed by atoms with Crippen LogP contribution in [0.5, 0.6) is 5.75 Å². The number of hydrogen-bond acceptors (Lipinski definition) is 2. The van der Waals surface area contributed by atoms with Crippen LogP contribution in [0.4, 0.5) is 10.1 Å². The van der Waals surface area contributed by atoms with Crippen LogP contribution in [-0.2, 0) is 6.54 Å².